The molecule has 0 spiro atoms. The van der Waals surface area contributed by atoms with Gasteiger partial charge in [0.15, 0.2) is 0 Å². The van der Waals surface area contributed by atoms with E-state index in [4.69, 9.17) is 17.3 Å². The number of aromatic nitrogens is 2. The maximum Gasteiger partial charge on any atom is 0.224 e. The van der Waals surface area contributed by atoms with Crippen molar-refractivity contribution < 1.29 is 4.79 Å². The number of amides is 1. The van der Waals surface area contributed by atoms with E-state index in [1.165, 1.54) is 0 Å². The number of aryl methyl sites for hydroxylation is 2. The zero-order valence-corrected chi connectivity index (χ0v) is 12.9. The summed E-state index contributed by atoms with van der Waals surface area (Å²) in [5.41, 5.74) is 9.03. The molecule has 0 unspecified atom stereocenters. The van der Waals surface area contributed by atoms with Gasteiger partial charge in [0.05, 0.1) is 16.9 Å². The number of nitrogens with two attached hydrogens (primary N) is 1. The topological polar surface area (TPSA) is 72.9 Å². The summed E-state index contributed by atoms with van der Waals surface area (Å²) in [5.74, 6) is -0.0281. The van der Waals surface area contributed by atoms with Crippen LogP contribution in [-0.2, 0) is 11.3 Å². The summed E-state index contributed by atoms with van der Waals surface area (Å²) in [6, 6.07) is 5.47. The number of carbonyl (C=O) groups excluding carboxylic acids is 1. The predicted octanol–water partition coefficient (Wildman–Crippen LogP) is 3.15. The van der Waals surface area contributed by atoms with Crippen LogP contribution in [0.3, 0.4) is 0 Å². The van der Waals surface area contributed by atoms with Gasteiger partial charge in [-0.2, -0.15) is 5.10 Å². The molecule has 0 aliphatic carbocycles. The van der Waals surface area contributed by atoms with Crippen LogP contribution >= 0.6 is 11.6 Å². The van der Waals surface area contributed by atoms with Crippen LogP contribution in [0.15, 0.2) is 24.4 Å². The van der Waals surface area contributed by atoms with Gasteiger partial charge in [0.25, 0.3) is 0 Å². The zero-order chi connectivity index (χ0) is 15.4. The molecule has 0 fully saturated rings. The van der Waals surface area contributed by atoms with E-state index in [0.29, 0.717) is 30.1 Å². The Morgan fingerprint density at radius 2 is 2.19 bits per heavy atom. The van der Waals surface area contributed by atoms with Crippen LogP contribution in [0.2, 0.25) is 5.02 Å². The van der Waals surface area contributed by atoms with Gasteiger partial charge in [0.2, 0.25) is 5.91 Å². The molecule has 1 heterocycles. The molecule has 0 radical (unpaired) electrons. The van der Waals surface area contributed by atoms with Crippen LogP contribution in [0.25, 0.3) is 0 Å². The van der Waals surface area contributed by atoms with Crippen LogP contribution in [0.4, 0.5) is 11.4 Å². The van der Waals surface area contributed by atoms with Crippen molar-refractivity contribution in [2.24, 2.45) is 0 Å². The number of anilines is 2. The van der Waals surface area contributed by atoms with E-state index in [2.05, 4.69) is 10.4 Å². The highest BCUT2D eigenvalue weighted by Crippen LogP contribution is 2.18. The summed E-state index contributed by atoms with van der Waals surface area (Å²) in [5, 5.41) is 7.69. The second-order valence-electron chi connectivity index (χ2n) is 5.03. The molecule has 1 aromatic carbocycles. The third kappa shape index (κ3) is 3.98. The summed E-state index contributed by atoms with van der Waals surface area (Å²) in [7, 11) is 0. The summed E-state index contributed by atoms with van der Waals surface area (Å²) in [6.45, 7) is 4.51. The van der Waals surface area contributed by atoms with Crippen LogP contribution in [0, 0.1) is 13.8 Å². The fourth-order valence-electron chi connectivity index (χ4n) is 2.03. The Morgan fingerprint density at radius 3 is 2.86 bits per heavy atom. The van der Waals surface area contributed by atoms with Crippen molar-refractivity contribution >= 4 is 28.9 Å². The number of nitrogens with zero attached hydrogens (tertiary/aromatic N) is 2. The normalized spacial score (nSPS) is 10.6. The third-order valence-corrected chi connectivity index (χ3v) is 3.72. The minimum Gasteiger partial charge on any atom is -0.399 e. The van der Waals surface area contributed by atoms with Gasteiger partial charge in [-0.25, -0.2) is 0 Å². The Labute approximate surface area is 129 Å². The summed E-state index contributed by atoms with van der Waals surface area (Å²) in [4.78, 5) is 11.9. The highest BCUT2D eigenvalue weighted by atomic mass is 35.5. The van der Waals surface area contributed by atoms with E-state index in [1.807, 2.05) is 26.0 Å². The third-order valence-electron chi connectivity index (χ3n) is 3.35. The summed E-state index contributed by atoms with van der Waals surface area (Å²) < 4.78 is 1.81. The Kier molecular flexibility index (Phi) is 4.85. The molecule has 112 valence electrons. The first-order valence-electron chi connectivity index (χ1n) is 6.81. The number of hydrogen-bond donors (Lipinski definition) is 2. The maximum atomic E-state index is 11.9. The lowest BCUT2D eigenvalue weighted by Crippen LogP contribution is -2.14. The molecule has 3 N–H and O–H groups in total. The SMILES string of the molecule is Cc1ccc(N)cc1NC(=O)CCCn1ncc(Cl)c1C. The Balaban J connectivity index is 1.85. The first-order valence-corrected chi connectivity index (χ1v) is 7.19. The molecule has 1 aromatic heterocycles. The van der Waals surface area contributed by atoms with Gasteiger partial charge in [-0.05, 0) is 38.0 Å². The van der Waals surface area contributed by atoms with Crippen molar-refractivity contribution in [1.29, 1.82) is 0 Å². The van der Waals surface area contributed by atoms with E-state index in [-0.39, 0.29) is 5.91 Å². The second-order valence-corrected chi connectivity index (χ2v) is 5.43. The summed E-state index contributed by atoms with van der Waals surface area (Å²) in [6.07, 6.45) is 2.74. The fourth-order valence-corrected chi connectivity index (χ4v) is 2.17. The van der Waals surface area contributed by atoms with Gasteiger partial charge < -0.3 is 11.1 Å². The number of benzene rings is 1. The van der Waals surface area contributed by atoms with Gasteiger partial charge in [0.1, 0.15) is 0 Å². The minimum absolute atomic E-state index is 0.0281. The van der Waals surface area contributed by atoms with Crippen molar-refractivity contribution in [3.63, 3.8) is 0 Å². The monoisotopic (exact) mass is 306 g/mol. The molecule has 0 aliphatic rings. The number of nitrogens with one attached hydrogen (secondary N) is 1. The molecule has 6 heteroatoms. The van der Waals surface area contributed by atoms with Gasteiger partial charge in [-0.3, -0.25) is 9.48 Å². The average Bonchev–Trinajstić information content (AvgIpc) is 2.75. The number of halogens is 1. The quantitative estimate of drug-likeness (QED) is 0.833. The smallest absolute Gasteiger partial charge is 0.224 e. The maximum absolute atomic E-state index is 11.9. The molecule has 0 atom stereocenters. The molecule has 21 heavy (non-hydrogen) atoms. The molecule has 0 saturated carbocycles. The van der Waals surface area contributed by atoms with Crippen molar-refractivity contribution in [2.45, 2.75) is 33.2 Å². The van der Waals surface area contributed by atoms with Crippen LogP contribution in [0.1, 0.15) is 24.1 Å². The molecule has 5 nitrogen and oxygen atoms in total. The van der Waals surface area contributed by atoms with E-state index in [9.17, 15) is 4.79 Å². The molecule has 2 rings (SSSR count). The average molecular weight is 307 g/mol. The van der Waals surface area contributed by atoms with Gasteiger partial charge in [0, 0.05) is 24.3 Å². The van der Waals surface area contributed by atoms with Crippen LogP contribution in [-0.4, -0.2) is 15.7 Å². The second kappa shape index (κ2) is 6.63. The lowest BCUT2D eigenvalue weighted by atomic mass is 10.1. The number of nitrogen functional groups attached to an aromatic ring is 1. The Bertz CT molecular complexity index is 651. The number of hydrogen-bond acceptors (Lipinski definition) is 3. The molecule has 0 aliphatic heterocycles. The fraction of sp³-hybridized carbons (Fsp3) is 0.333. The van der Waals surface area contributed by atoms with E-state index in [0.717, 1.165) is 16.9 Å². The largest absolute Gasteiger partial charge is 0.399 e. The Morgan fingerprint density at radius 1 is 1.43 bits per heavy atom. The van der Waals surface area contributed by atoms with Crippen LogP contribution < -0.4 is 11.1 Å². The highest BCUT2D eigenvalue weighted by molar-refractivity contribution is 6.31. The first-order chi connectivity index (χ1) is 9.97. The molecular weight excluding hydrogens is 288 g/mol. The molecule has 0 saturated heterocycles. The Hall–Kier alpha value is -2.01. The van der Waals surface area contributed by atoms with Gasteiger partial charge in [-0.15, -0.1) is 0 Å². The number of carbonyl (C=O) groups is 1. The van der Waals surface area contributed by atoms with Crippen molar-refractivity contribution in [3.8, 4) is 0 Å². The zero-order valence-electron chi connectivity index (χ0n) is 12.2. The van der Waals surface area contributed by atoms with Gasteiger partial charge >= 0.3 is 0 Å². The predicted molar refractivity (Wildman–Crippen MR) is 85.4 cm³/mol. The van der Waals surface area contributed by atoms with Crippen molar-refractivity contribution in [2.75, 3.05) is 11.1 Å². The van der Waals surface area contributed by atoms with E-state index >= 15 is 0 Å². The van der Waals surface area contributed by atoms with Crippen molar-refractivity contribution in [3.05, 3.63) is 40.7 Å². The van der Waals surface area contributed by atoms with E-state index < -0.39 is 0 Å². The highest BCUT2D eigenvalue weighted by Gasteiger charge is 2.07. The standard InChI is InChI=1S/C15H19ClN4O/c1-10-5-6-12(17)8-14(10)19-15(21)4-3-7-20-11(2)13(16)9-18-20/h5-6,8-9H,3-4,7,17H2,1-2H3,(H,19,21). The van der Waals surface area contributed by atoms with Crippen molar-refractivity contribution in [1.82, 2.24) is 9.78 Å². The first kappa shape index (κ1) is 15.4. The minimum atomic E-state index is -0.0281. The lowest BCUT2D eigenvalue weighted by Gasteiger charge is -2.09. The molecular formula is C15H19ClN4O. The summed E-state index contributed by atoms with van der Waals surface area (Å²) >= 11 is 5.94. The van der Waals surface area contributed by atoms with Crippen LogP contribution in [0.5, 0.6) is 0 Å². The molecule has 2 aromatic rings. The molecule has 1 amide bonds. The van der Waals surface area contributed by atoms with E-state index in [1.54, 1.807) is 16.9 Å². The lowest BCUT2D eigenvalue weighted by molar-refractivity contribution is -0.116. The number of rotatable bonds is 5. The van der Waals surface area contributed by atoms with Gasteiger partial charge in [-0.1, -0.05) is 17.7 Å². The molecule has 0 bridgehead atoms.